The van der Waals surface area contributed by atoms with Crippen LogP contribution in [0.2, 0.25) is 5.15 Å². The summed E-state index contributed by atoms with van der Waals surface area (Å²) >= 11 is 6.20. The summed E-state index contributed by atoms with van der Waals surface area (Å²) in [5.41, 5.74) is 0.962. The van der Waals surface area contributed by atoms with Gasteiger partial charge in [-0.05, 0) is 12.8 Å². The first-order chi connectivity index (χ1) is 10.0. The van der Waals surface area contributed by atoms with Crippen LogP contribution in [0.5, 0.6) is 0 Å². The summed E-state index contributed by atoms with van der Waals surface area (Å²) in [7, 11) is 0. The Morgan fingerprint density at radius 1 is 1.33 bits per heavy atom. The number of halogens is 1. The molecule has 0 radical (unpaired) electrons. The van der Waals surface area contributed by atoms with Gasteiger partial charge in [-0.15, -0.1) is 0 Å². The second-order valence-corrected chi connectivity index (χ2v) is 5.59. The highest BCUT2D eigenvalue weighted by Crippen LogP contribution is 2.30. The molecule has 1 fully saturated rings. The molecule has 1 aliphatic heterocycles. The van der Waals surface area contributed by atoms with Gasteiger partial charge in [-0.1, -0.05) is 25.4 Å². The Labute approximate surface area is 130 Å². The molecule has 0 spiro atoms. The molecule has 1 aromatic heterocycles. The predicted molar refractivity (Wildman–Crippen MR) is 81.9 cm³/mol. The molecular weight excluding hydrogens is 292 g/mol. The van der Waals surface area contributed by atoms with Crippen molar-refractivity contribution in [1.29, 1.82) is 0 Å². The van der Waals surface area contributed by atoms with E-state index in [1.54, 1.807) is 4.90 Å². The Hall–Kier alpha value is -1.56. The molecule has 2 heterocycles. The lowest BCUT2D eigenvalue weighted by molar-refractivity contribution is 0.105. The van der Waals surface area contributed by atoms with E-state index in [-0.39, 0.29) is 12.0 Å². The first-order valence-corrected chi connectivity index (χ1v) is 7.59. The maximum absolute atomic E-state index is 11.7. The zero-order valence-corrected chi connectivity index (χ0v) is 13.4. The zero-order valence-electron chi connectivity index (χ0n) is 12.7. The summed E-state index contributed by atoms with van der Waals surface area (Å²) in [5, 5.41) is 0.503. The second-order valence-electron chi connectivity index (χ2n) is 5.23. The van der Waals surface area contributed by atoms with Gasteiger partial charge in [0.15, 0.2) is 0 Å². The van der Waals surface area contributed by atoms with Crippen molar-refractivity contribution in [3.63, 3.8) is 0 Å². The van der Waals surface area contributed by atoms with Crippen LogP contribution >= 0.6 is 11.6 Å². The molecule has 0 N–H and O–H groups in total. The zero-order chi connectivity index (χ0) is 15.4. The molecule has 0 aliphatic carbocycles. The summed E-state index contributed by atoms with van der Waals surface area (Å²) in [6.45, 7) is 9.03. The van der Waals surface area contributed by atoms with Gasteiger partial charge in [0.05, 0.1) is 6.61 Å². The third-order valence-corrected chi connectivity index (χ3v) is 3.80. The maximum Gasteiger partial charge on any atom is 0.409 e. The van der Waals surface area contributed by atoms with E-state index in [4.69, 9.17) is 16.3 Å². The second kappa shape index (κ2) is 6.93. The van der Waals surface area contributed by atoms with Crippen LogP contribution in [0.4, 0.5) is 10.6 Å². The molecular formula is C14H21ClN4O2. The van der Waals surface area contributed by atoms with Gasteiger partial charge in [0.1, 0.15) is 17.3 Å². The highest BCUT2D eigenvalue weighted by Gasteiger charge is 2.25. The average molecular weight is 313 g/mol. The number of ether oxygens (including phenoxy) is 1. The van der Waals surface area contributed by atoms with Crippen LogP contribution in [-0.4, -0.2) is 53.7 Å². The fourth-order valence-corrected chi connectivity index (χ4v) is 2.78. The van der Waals surface area contributed by atoms with Crippen LogP contribution in [-0.2, 0) is 4.74 Å². The van der Waals surface area contributed by atoms with Crippen molar-refractivity contribution in [3.8, 4) is 0 Å². The smallest absolute Gasteiger partial charge is 0.409 e. The molecule has 1 amide bonds. The third-order valence-electron chi connectivity index (χ3n) is 3.50. The minimum absolute atomic E-state index is 0.247. The van der Waals surface area contributed by atoms with Crippen molar-refractivity contribution in [2.45, 2.75) is 26.7 Å². The summed E-state index contributed by atoms with van der Waals surface area (Å²) in [4.78, 5) is 24.0. The van der Waals surface area contributed by atoms with Gasteiger partial charge >= 0.3 is 6.09 Å². The quantitative estimate of drug-likeness (QED) is 0.803. The van der Waals surface area contributed by atoms with Crippen molar-refractivity contribution in [2.75, 3.05) is 37.7 Å². The molecule has 1 aliphatic rings. The monoisotopic (exact) mass is 312 g/mol. The first-order valence-electron chi connectivity index (χ1n) is 7.21. The minimum Gasteiger partial charge on any atom is -0.450 e. The number of nitrogens with zero attached hydrogens (tertiary/aromatic N) is 4. The van der Waals surface area contributed by atoms with Crippen LogP contribution in [0.1, 0.15) is 32.3 Å². The van der Waals surface area contributed by atoms with E-state index in [0.29, 0.717) is 37.9 Å². The van der Waals surface area contributed by atoms with E-state index in [9.17, 15) is 4.79 Å². The number of rotatable bonds is 3. The Kier molecular flexibility index (Phi) is 5.22. The van der Waals surface area contributed by atoms with Gasteiger partial charge < -0.3 is 14.5 Å². The predicted octanol–water partition coefficient (Wildman–Crippen LogP) is 2.53. The Bertz CT molecular complexity index is 502. The molecule has 21 heavy (non-hydrogen) atoms. The summed E-state index contributed by atoms with van der Waals surface area (Å²) in [6, 6.07) is 0. The van der Waals surface area contributed by atoms with E-state index in [1.807, 2.05) is 6.92 Å². The van der Waals surface area contributed by atoms with E-state index in [1.165, 1.54) is 6.33 Å². The number of aromatic nitrogens is 2. The summed E-state index contributed by atoms with van der Waals surface area (Å²) in [5.74, 6) is 1.12. The van der Waals surface area contributed by atoms with Crippen molar-refractivity contribution in [1.82, 2.24) is 14.9 Å². The van der Waals surface area contributed by atoms with Crippen molar-refractivity contribution in [3.05, 3.63) is 17.0 Å². The Morgan fingerprint density at radius 2 is 2.00 bits per heavy atom. The molecule has 1 aromatic rings. The van der Waals surface area contributed by atoms with E-state index in [0.717, 1.165) is 11.4 Å². The lowest BCUT2D eigenvalue weighted by atomic mass is 10.1. The van der Waals surface area contributed by atoms with Gasteiger partial charge in [0, 0.05) is 31.7 Å². The number of carbonyl (C=O) groups is 1. The lowest BCUT2D eigenvalue weighted by Crippen LogP contribution is -2.49. The van der Waals surface area contributed by atoms with Crippen LogP contribution in [0.25, 0.3) is 0 Å². The number of anilines is 1. The fraction of sp³-hybridized carbons (Fsp3) is 0.643. The lowest BCUT2D eigenvalue weighted by Gasteiger charge is -2.35. The van der Waals surface area contributed by atoms with Crippen LogP contribution in [0.15, 0.2) is 6.33 Å². The summed E-state index contributed by atoms with van der Waals surface area (Å²) < 4.78 is 5.03. The third kappa shape index (κ3) is 3.56. The van der Waals surface area contributed by atoms with Gasteiger partial charge in [-0.3, -0.25) is 0 Å². The van der Waals surface area contributed by atoms with E-state index >= 15 is 0 Å². The normalized spacial score (nSPS) is 15.5. The Balaban J connectivity index is 2.09. The SMILES string of the molecule is CCOC(=O)N1CCN(c2ncnc(Cl)c2C(C)C)CC1. The molecule has 0 saturated carbocycles. The molecule has 6 nitrogen and oxygen atoms in total. The number of carbonyl (C=O) groups excluding carboxylic acids is 1. The molecule has 1 saturated heterocycles. The van der Waals surface area contributed by atoms with Crippen molar-refractivity contribution >= 4 is 23.5 Å². The number of hydrogen-bond donors (Lipinski definition) is 0. The van der Waals surface area contributed by atoms with Gasteiger partial charge in [0.25, 0.3) is 0 Å². The molecule has 2 rings (SSSR count). The van der Waals surface area contributed by atoms with Crippen molar-refractivity contribution in [2.24, 2.45) is 0 Å². The van der Waals surface area contributed by atoms with Crippen LogP contribution in [0.3, 0.4) is 0 Å². The molecule has 0 bridgehead atoms. The Morgan fingerprint density at radius 3 is 2.57 bits per heavy atom. The van der Waals surface area contributed by atoms with E-state index in [2.05, 4.69) is 28.7 Å². The number of amides is 1. The topological polar surface area (TPSA) is 58.6 Å². The minimum atomic E-state index is -0.248. The maximum atomic E-state index is 11.7. The van der Waals surface area contributed by atoms with Gasteiger partial charge in [-0.2, -0.15) is 0 Å². The highest BCUT2D eigenvalue weighted by molar-refractivity contribution is 6.30. The van der Waals surface area contributed by atoms with Crippen molar-refractivity contribution < 1.29 is 9.53 Å². The number of piperazine rings is 1. The molecule has 0 unspecified atom stereocenters. The largest absolute Gasteiger partial charge is 0.450 e. The van der Waals surface area contributed by atoms with E-state index < -0.39 is 0 Å². The molecule has 7 heteroatoms. The molecule has 0 aromatic carbocycles. The molecule has 0 atom stereocenters. The highest BCUT2D eigenvalue weighted by atomic mass is 35.5. The van der Waals surface area contributed by atoms with Gasteiger partial charge in [-0.25, -0.2) is 14.8 Å². The summed E-state index contributed by atoms with van der Waals surface area (Å²) in [6.07, 6.45) is 1.24. The van der Waals surface area contributed by atoms with Crippen LogP contribution < -0.4 is 4.90 Å². The van der Waals surface area contributed by atoms with Gasteiger partial charge in [0.2, 0.25) is 0 Å². The molecule has 116 valence electrons. The first kappa shape index (κ1) is 15.8. The van der Waals surface area contributed by atoms with Crippen LogP contribution in [0, 0.1) is 0 Å². The fourth-order valence-electron chi connectivity index (χ4n) is 2.43. The number of hydrogen-bond acceptors (Lipinski definition) is 5. The standard InChI is InChI=1S/C14H21ClN4O2/c1-4-21-14(20)19-7-5-18(6-8-19)13-11(10(2)3)12(15)16-9-17-13/h9-10H,4-8H2,1-3H3. The average Bonchev–Trinajstić information content (AvgIpc) is 2.47.